The number of nitrogens with one attached hydrogen (secondary N) is 2. The number of aliphatic hydroxyl groups excluding tert-OH is 1. The van der Waals surface area contributed by atoms with E-state index in [0.29, 0.717) is 46.9 Å². The Morgan fingerprint density at radius 1 is 0.787 bits per heavy atom. The molecule has 4 aliphatic heterocycles. The molecule has 11 rings (SSSR count). The molecule has 13 nitrogen and oxygen atoms in total. The van der Waals surface area contributed by atoms with Gasteiger partial charge in [0.1, 0.15) is 29.9 Å². The number of aliphatic hydroxyl groups is 1. The number of rotatable bonds is 11. The molecule has 13 heteroatoms. The van der Waals surface area contributed by atoms with Crippen LogP contribution in [-0.2, 0) is 29.3 Å². The molecule has 3 saturated heterocycles. The zero-order valence-electron chi connectivity index (χ0n) is 41.8. The van der Waals surface area contributed by atoms with Crippen molar-refractivity contribution >= 4 is 40.9 Å². The van der Waals surface area contributed by atoms with E-state index < -0.39 is 65.4 Å². The van der Waals surface area contributed by atoms with Gasteiger partial charge in [-0.2, -0.15) is 0 Å². The summed E-state index contributed by atoms with van der Waals surface area (Å²) in [6.45, 7) is 4.23. The van der Waals surface area contributed by atoms with Crippen LogP contribution >= 0.6 is 0 Å². The van der Waals surface area contributed by atoms with E-state index in [4.69, 9.17) is 14.2 Å². The number of allylic oxidation sites excluding steroid dienone is 2. The van der Waals surface area contributed by atoms with E-state index in [1.807, 2.05) is 139 Å². The molecule has 75 heavy (non-hydrogen) atoms. The molecule has 0 unspecified atom stereocenters. The number of esters is 1. The average molecular weight is 1000 g/mol. The van der Waals surface area contributed by atoms with E-state index in [2.05, 4.69) is 33.5 Å². The molecule has 7 atom stereocenters. The summed E-state index contributed by atoms with van der Waals surface area (Å²) in [5.41, 5.74) is 4.43. The molecular formula is C62H59N5O8. The lowest BCUT2D eigenvalue weighted by Gasteiger charge is -2.46. The number of hydrogen-bond acceptors (Lipinski definition) is 10. The van der Waals surface area contributed by atoms with E-state index in [1.165, 1.54) is 0 Å². The highest BCUT2D eigenvalue weighted by Gasteiger charge is 2.75. The van der Waals surface area contributed by atoms with Crippen LogP contribution in [0, 0.1) is 17.8 Å². The van der Waals surface area contributed by atoms with E-state index in [9.17, 15) is 5.11 Å². The van der Waals surface area contributed by atoms with Gasteiger partial charge >= 0.3 is 12.0 Å². The molecule has 6 aromatic carbocycles. The fourth-order valence-electron chi connectivity index (χ4n) is 11.9. The lowest BCUT2D eigenvalue weighted by Crippen LogP contribution is -2.55. The first-order chi connectivity index (χ1) is 36.7. The summed E-state index contributed by atoms with van der Waals surface area (Å²) in [7, 11) is 0. The van der Waals surface area contributed by atoms with Crippen LogP contribution in [-0.4, -0.2) is 79.4 Å². The summed E-state index contributed by atoms with van der Waals surface area (Å²) in [6.07, 6.45) is 5.17. The van der Waals surface area contributed by atoms with Crippen LogP contribution in [0.3, 0.4) is 0 Å². The Morgan fingerprint density at radius 2 is 1.49 bits per heavy atom. The fraction of sp³-hybridized carbons (Fsp3) is 0.290. The van der Waals surface area contributed by atoms with Crippen molar-refractivity contribution in [2.24, 2.45) is 5.92 Å². The van der Waals surface area contributed by atoms with Gasteiger partial charge in [0.15, 0.2) is 0 Å². The summed E-state index contributed by atoms with van der Waals surface area (Å²) >= 11 is 0. The van der Waals surface area contributed by atoms with E-state index in [-0.39, 0.29) is 18.9 Å². The first-order valence-electron chi connectivity index (χ1n) is 25.9. The van der Waals surface area contributed by atoms with Crippen LogP contribution < -0.4 is 25.2 Å². The quantitative estimate of drug-likeness (QED) is 0.0847. The molecule has 4 amide bonds. The molecule has 0 bridgehead atoms. The molecule has 1 aliphatic carbocycles. The SMILES string of the molecule is C[C@@H](NC(=O)N1C(=O)[C@@]2(c3cc(C#CC4=CCCCC4)ccc31)[C@H](C(=O)Nc1ccc(N3CCOCC3)cc1)[C@H]1C(=O)O[C@H](c3ccccc3)[C@H](c3ccccc3)N1[C@@H]2c1cccc(OCCO)c1)c1ccccc1. The fourth-order valence-corrected chi connectivity index (χ4v) is 11.9. The maximum atomic E-state index is 16.9. The monoisotopic (exact) mass is 1000 g/mol. The van der Waals surface area contributed by atoms with Gasteiger partial charge in [0.05, 0.1) is 49.6 Å². The molecule has 380 valence electrons. The number of amides is 4. The first kappa shape index (κ1) is 49.2. The molecule has 0 saturated carbocycles. The zero-order valence-corrected chi connectivity index (χ0v) is 41.8. The second kappa shape index (κ2) is 21.4. The molecule has 4 heterocycles. The molecule has 0 aromatic heterocycles. The molecule has 3 fully saturated rings. The minimum atomic E-state index is -2.03. The first-order valence-corrected chi connectivity index (χ1v) is 25.9. The van der Waals surface area contributed by atoms with E-state index >= 15 is 19.2 Å². The Labute approximate surface area is 437 Å². The second-order valence-corrected chi connectivity index (χ2v) is 19.7. The lowest BCUT2D eigenvalue weighted by atomic mass is 9.65. The highest BCUT2D eigenvalue weighted by Crippen LogP contribution is 2.66. The standard InChI is InChI=1S/C62H59N5O8/c1-41(44-17-8-3-9-18-44)63-61(72)66-52-32-27-43(26-25-42-15-6-2-7-16-42)39-51(52)62(60(66)71)53(58(69)64-48-28-30-49(31-29-48)65-33-36-73-37-34-65)55-59(70)75-56(46-21-12-5-13-22-46)54(45-19-10-4-11-20-45)67(55)57(62)47-23-14-24-50(40-47)74-38-35-68/h3-5,8-15,17-24,27-32,39-41,53-57,68H,2,6-7,16,33-38H2,1H3,(H,63,72)(H,64,69)/t41-,53+,54+,55+,56-,57-,62+/m1/s1. The van der Waals surface area contributed by atoms with Gasteiger partial charge in [-0.3, -0.25) is 19.3 Å². The van der Waals surface area contributed by atoms with Crippen molar-refractivity contribution in [1.82, 2.24) is 10.2 Å². The maximum Gasteiger partial charge on any atom is 0.329 e. The van der Waals surface area contributed by atoms with Crippen molar-refractivity contribution in [3.63, 3.8) is 0 Å². The molecule has 1 spiro atoms. The summed E-state index contributed by atoms with van der Waals surface area (Å²) in [5.74, 6) is 3.63. The Kier molecular flexibility index (Phi) is 14.1. The number of ether oxygens (including phenoxy) is 3. The highest BCUT2D eigenvalue weighted by molar-refractivity contribution is 6.25. The highest BCUT2D eigenvalue weighted by atomic mass is 16.6. The van der Waals surface area contributed by atoms with Crippen molar-refractivity contribution in [2.45, 2.75) is 68.3 Å². The number of hydrogen-bond donors (Lipinski definition) is 3. The number of imide groups is 1. The van der Waals surface area contributed by atoms with Crippen LogP contribution in [0.1, 0.15) is 90.2 Å². The topological polar surface area (TPSA) is 150 Å². The van der Waals surface area contributed by atoms with Gasteiger partial charge < -0.3 is 34.9 Å². The predicted octanol–water partition coefficient (Wildman–Crippen LogP) is 9.52. The second-order valence-electron chi connectivity index (χ2n) is 19.7. The maximum absolute atomic E-state index is 16.9. The zero-order chi connectivity index (χ0) is 51.5. The van der Waals surface area contributed by atoms with Crippen LogP contribution in [0.15, 0.2) is 169 Å². The Bertz CT molecular complexity index is 3170. The number of nitrogens with zero attached hydrogens (tertiary/aromatic N) is 3. The average Bonchev–Trinajstić information content (AvgIpc) is 3.92. The van der Waals surface area contributed by atoms with Gasteiger partial charge in [0.25, 0.3) is 0 Å². The van der Waals surface area contributed by atoms with Crippen molar-refractivity contribution in [3.05, 3.63) is 203 Å². The summed E-state index contributed by atoms with van der Waals surface area (Å²) in [6, 6.07) is 44.2. The van der Waals surface area contributed by atoms with Gasteiger partial charge in [0, 0.05) is 30.0 Å². The minimum absolute atomic E-state index is 0.0101. The molecule has 3 N–H and O–H groups in total. The summed E-state index contributed by atoms with van der Waals surface area (Å²) in [4.78, 5) is 69.5. The number of fused-ring (bicyclic) bond motifs is 3. The largest absolute Gasteiger partial charge is 0.491 e. The number of carbonyl (C=O) groups is 4. The van der Waals surface area contributed by atoms with Crippen molar-refractivity contribution in [1.29, 1.82) is 0 Å². The van der Waals surface area contributed by atoms with Crippen LogP contribution in [0.25, 0.3) is 0 Å². The van der Waals surface area contributed by atoms with E-state index in [0.717, 1.165) is 66.1 Å². The molecule has 6 aromatic rings. The third kappa shape index (κ3) is 9.35. The van der Waals surface area contributed by atoms with Gasteiger partial charge in [-0.05, 0) is 121 Å². The normalized spacial score (nSPS) is 23.5. The van der Waals surface area contributed by atoms with Gasteiger partial charge in [-0.25, -0.2) is 9.69 Å². The number of cyclic esters (lactones) is 1. The number of urea groups is 1. The van der Waals surface area contributed by atoms with Crippen molar-refractivity contribution < 1.29 is 38.5 Å². The summed E-state index contributed by atoms with van der Waals surface area (Å²) < 4.78 is 18.4. The predicted molar refractivity (Wildman–Crippen MR) is 286 cm³/mol. The van der Waals surface area contributed by atoms with Gasteiger partial charge in [-0.1, -0.05) is 121 Å². The third-order valence-electron chi connectivity index (χ3n) is 15.3. The van der Waals surface area contributed by atoms with E-state index in [1.54, 1.807) is 30.3 Å². The van der Waals surface area contributed by atoms with Crippen LogP contribution in [0.4, 0.5) is 21.9 Å². The van der Waals surface area contributed by atoms with Crippen LogP contribution in [0.5, 0.6) is 5.75 Å². The number of benzene rings is 6. The Balaban J connectivity index is 1.17. The lowest BCUT2D eigenvalue weighted by molar-refractivity contribution is -0.177. The number of anilines is 3. The van der Waals surface area contributed by atoms with Gasteiger partial charge in [0.2, 0.25) is 11.8 Å². The third-order valence-corrected chi connectivity index (χ3v) is 15.3. The molecular weight excluding hydrogens is 943 g/mol. The van der Waals surface area contributed by atoms with Crippen molar-refractivity contribution in [3.8, 4) is 17.6 Å². The minimum Gasteiger partial charge on any atom is -0.491 e. The Morgan fingerprint density at radius 3 is 2.20 bits per heavy atom. The molecule has 5 aliphatic rings. The van der Waals surface area contributed by atoms with Gasteiger partial charge in [-0.15, -0.1) is 0 Å². The summed E-state index contributed by atoms with van der Waals surface area (Å²) in [5, 5.41) is 16.2. The van der Waals surface area contributed by atoms with Crippen LogP contribution in [0.2, 0.25) is 0 Å². The number of carbonyl (C=O) groups excluding carboxylic acids is 4. The Hall–Kier alpha value is -8.02. The smallest absolute Gasteiger partial charge is 0.329 e. The number of morpholine rings is 2. The molecule has 0 radical (unpaired) electrons. The van der Waals surface area contributed by atoms with Crippen molar-refractivity contribution in [2.75, 3.05) is 54.6 Å².